The number of rotatable bonds is 0. The maximum absolute atomic E-state index is 0. The molecule has 0 fully saturated rings. The first-order valence-electron chi connectivity index (χ1n) is 0. The summed E-state index contributed by atoms with van der Waals surface area (Å²) < 4.78 is 0. The van der Waals surface area contributed by atoms with Crippen LogP contribution >= 0.6 is 17.0 Å². The second kappa shape index (κ2) is 196. The average Bonchev–Trinajstić information content (AvgIpc) is 0. The summed E-state index contributed by atoms with van der Waals surface area (Å²) in [6.45, 7) is 0. The van der Waals surface area contributed by atoms with Gasteiger partial charge in [-0.2, -0.15) is 0 Å². The zero-order valence-electron chi connectivity index (χ0n) is 3.91. The van der Waals surface area contributed by atoms with E-state index in [1.807, 2.05) is 0 Å². The molecule has 8 heteroatoms. The van der Waals surface area contributed by atoms with Gasteiger partial charge in [0.25, 0.3) is 0 Å². The van der Waals surface area contributed by atoms with Gasteiger partial charge in [-0.25, -0.2) is 0 Å². The normalized spacial score (nSPS) is 0. The van der Waals surface area contributed by atoms with Crippen LogP contribution in [0.25, 0.3) is 0 Å². The van der Waals surface area contributed by atoms with Crippen LogP contribution < -0.4 is 0 Å². The molecule has 0 aromatic heterocycles. The SMILES string of the molecule is Br.O.O.O.O.O.O.[Nd]. The van der Waals surface area contributed by atoms with Crippen molar-refractivity contribution in [3.63, 3.8) is 0 Å². The monoisotopic (exact) mass is 330 g/mol. The maximum atomic E-state index is 0. The Morgan fingerprint density at radius 1 is 0.375 bits per heavy atom. The summed E-state index contributed by atoms with van der Waals surface area (Å²) >= 11 is 0. The maximum Gasteiger partial charge on any atom is 0 e. The summed E-state index contributed by atoms with van der Waals surface area (Å²) in [6, 6.07) is 0. The Hall–Kier alpha value is 1.59. The fourth-order valence-electron chi connectivity index (χ4n) is 0. The van der Waals surface area contributed by atoms with Crippen molar-refractivity contribution in [2.24, 2.45) is 0 Å². The van der Waals surface area contributed by atoms with E-state index in [0.717, 1.165) is 0 Å². The second-order valence-corrected chi connectivity index (χ2v) is 0. The molecule has 0 aliphatic rings. The molecule has 6 nitrogen and oxygen atoms in total. The summed E-state index contributed by atoms with van der Waals surface area (Å²) in [5.74, 6) is 0. The van der Waals surface area contributed by atoms with E-state index < -0.39 is 0 Å². The van der Waals surface area contributed by atoms with Crippen LogP contribution in [0.1, 0.15) is 0 Å². The van der Waals surface area contributed by atoms with Crippen LogP contribution in [0.2, 0.25) is 0 Å². The fourth-order valence-corrected chi connectivity index (χ4v) is 0. The van der Waals surface area contributed by atoms with Crippen molar-refractivity contribution in [1.29, 1.82) is 0 Å². The smallest absolute Gasteiger partial charge is 0 e. The van der Waals surface area contributed by atoms with Gasteiger partial charge in [0.2, 0.25) is 0 Å². The molecule has 8 heavy (non-hydrogen) atoms. The van der Waals surface area contributed by atoms with Crippen LogP contribution in [0.4, 0.5) is 0 Å². The first kappa shape index (κ1) is 280. The van der Waals surface area contributed by atoms with Crippen LogP contribution in [-0.4, -0.2) is 32.9 Å². The van der Waals surface area contributed by atoms with E-state index in [2.05, 4.69) is 0 Å². The summed E-state index contributed by atoms with van der Waals surface area (Å²) in [6.07, 6.45) is 0. The van der Waals surface area contributed by atoms with Gasteiger partial charge in [-0.05, 0) is 0 Å². The van der Waals surface area contributed by atoms with Crippen LogP contribution in [0.15, 0.2) is 0 Å². The summed E-state index contributed by atoms with van der Waals surface area (Å²) in [5, 5.41) is 0. The largest absolute Gasteiger partial charge is 0.412 e. The van der Waals surface area contributed by atoms with Gasteiger partial charge < -0.3 is 32.9 Å². The standard InChI is InChI=1S/BrH.Nd.6H2O/h1H;;6*1H2. The van der Waals surface area contributed by atoms with Crippen molar-refractivity contribution in [3.05, 3.63) is 0 Å². The van der Waals surface area contributed by atoms with Gasteiger partial charge in [0, 0.05) is 40.8 Å². The molecule has 0 aromatic carbocycles. The minimum absolute atomic E-state index is 0. The molecule has 60 valence electrons. The van der Waals surface area contributed by atoms with Crippen molar-refractivity contribution in [2.75, 3.05) is 0 Å². The Morgan fingerprint density at radius 2 is 0.375 bits per heavy atom. The van der Waals surface area contributed by atoms with E-state index in [-0.39, 0.29) is 90.7 Å². The van der Waals surface area contributed by atoms with E-state index in [1.165, 1.54) is 0 Å². The van der Waals surface area contributed by atoms with E-state index in [1.54, 1.807) is 0 Å². The predicted octanol–water partition coefficient (Wildman–Crippen LogP) is -4.37. The average molecular weight is 333 g/mol. The topological polar surface area (TPSA) is 189 Å². The molecular formula is H13BrNdO6. The molecule has 0 aliphatic heterocycles. The van der Waals surface area contributed by atoms with Crippen LogP contribution in [0.3, 0.4) is 0 Å². The molecular weight excluding hydrogens is 320 g/mol. The summed E-state index contributed by atoms with van der Waals surface area (Å²) in [5.41, 5.74) is 0. The molecule has 0 aliphatic carbocycles. The fraction of sp³-hybridized carbons (Fsp3) is 0. The minimum atomic E-state index is 0. The number of halogens is 1. The number of hydrogen-bond acceptors (Lipinski definition) is 0. The molecule has 0 rings (SSSR count). The van der Waals surface area contributed by atoms with Crippen LogP contribution in [0, 0.1) is 40.8 Å². The molecule has 0 saturated carbocycles. The summed E-state index contributed by atoms with van der Waals surface area (Å²) in [4.78, 5) is 0. The molecule has 0 atom stereocenters. The third-order valence-corrected chi connectivity index (χ3v) is 0. The van der Waals surface area contributed by atoms with Gasteiger partial charge in [0.05, 0.1) is 0 Å². The quantitative estimate of drug-likeness (QED) is 0.414. The molecule has 0 aromatic rings. The van der Waals surface area contributed by atoms with E-state index in [9.17, 15) is 0 Å². The van der Waals surface area contributed by atoms with Crippen LogP contribution in [0.5, 0.6) is 0 Å². The Balaban J connectivity index is 0. The van der Waals surface area contributed by atoms with Crippen molar-refractivity contribution >= 4 is 17.0 Å². The molecule has 0 bridgehead atoms. The number of hydrogen-bond donors (Lipinski definition) is 0. The Kier molecular flexibility index (Phi) is 6840. The third kappa shape index (κ3) is 130. The zero-order valence-corrected chi connectivity index (χ0v) is 8.83. The molecule has 0 amide bonds. The molecule has 0 unspecified atom stereocenters. The van der Waals surface area contributed by atoms with Gasteiger partial charge in [-0.1, -0.05) is 0 Å². The van der Waals surface area contributed by atoms with Gasteiger partial charge in [-0.3, -0.25) is 0 Å². The van der Waals surface area contributed by atoms with Crippen molar-refractivity contribution in [2.45, 2.75) is 0 Å². The second-order valence-electron chi connectivity index (χ2n) is 0. The van der Waals surface area contributed by atoms with E-state index >= 15 is 0 Å². The Morgan fingerprint density at radius 3 is 0.375 bits per heavy atom. The van der Waals surface area contributed by atoms with Gasteiger partial charge >= 0.3 is 0 Å². The molecule has 12 N–H and O–H groups in total. The van der Waals surface area contributed by atoms with Gasteiger partial charge in [0.1, 0.15) is 0 Å². The summed E-state index contributed by atoms with van der Waals surface area (Å²) in [7, 11) is 0. The molecule has 0 heterocycles. The van der Waals surface area contributed by atoms with Crippen molar-refractivity contribution in [3.8, 4) is 0 Å². The predicted molar refractivity (Wildman–Crippen MR) is 32.0 cm³/mol. The first-order valence-corrected chi connectivity index (χ1v) is 0. The zero-order chi connectivity index (χ0) is 0. The Labute approximate surface area is 89.8 Å². The first-order chi connectivity index (χ1) is 0. The van der Waals surface area contributed by atoms with Crippen molar-refractivity contribution < 1.29 is 73.7 Å². The van der Waals surface area contributed by atoms with E-state index in [0.29, 0.717) is 0 Å². The molecule has 0 radical (unpaired) electrons. The van der Waals surface area contributed by atoms with Gasteiger partial charge in [0.15, 0.2) is 0 Å². The Bertz CT molecular complexity index is 8.49. The van der Waals surface area contributed by atoms with E-state index in [4.69, 9.17) is 0 Å². The van der Waals surface area contributed by atoms with Gasteiger partial charge in [-0.15, -0.1) is 17.0 Å². The van der Waals surface area contributed by atoms with Crippen LogP contribution in [-0.2, 0) is 0 Å². The molecule has 0 spiro atoms. The van der Waals surface area contributed by atoms with Crippen molar-refractivity contribution in [1.82, 2.24) is 0 Å². The molecule has 0 saturated heterocycles. The third-order valence-electron chi connectivity index (χ3n) is 0. The minimum Gasteiger partial charge on any atom is -0.412 e.